The van der Waals surface area contributed by atoms with Gasteiger partial charge in [-0.25, -0.2) is 15.0 Å². The maximum absolute atomic E-state index is 9.41. The van der Waals surface area contributed by atoms with Crippen molar-refractivity contribution in [3.63, 3.8) is 0 Å². The molecule has 0 aromatic carbocycles. The summed E-state index contributed by atoms with van der Waals surface area (Å²) in [4.78, 5) is 18.4. The first-order valence-electron chi connectivity index (χ1n) is 9.00. The highest BCUT2D eigenvalue weighted by molar-refractivity contribution is 7.21. The first-order valence-corrected chi connectivity index (χ1v) is 9.82. The highest BCUT2D eigenvalue weighted by Gasteiger charge is 2.26. The van der Waals surface area contributed by atoms with Gasteiger partial charge in [0.2, 0.25) is 0 Å². The molecule has 0 radical (unpaired) electrons. The predicted octanol–water partition coefficient (Wildman–Crippen LogP) is 3.65. The Morgan fingerprint density at radius 3 is 2.73 bits per heavy atom. The van der Waals surface area contributed by atoms with Crippen LogP contribution >= 0.6 is 11.3 Å². The first kappa shape index (κ1) is 17.3. The molecule has 136 valence electrons. The smallest absolute Gasteiger partial charge is 0.140 e. The largest absolute Gasteiger partial charge is 0.396 e. The number of aliphatic hydroxyl groups excluding tert-OH is 1. The molecule has 2 N–H and O–H groups in total. The van der Waals surface area contributed by atoms with Crippen molar-refractivity contribution in [2.24, 2.45) is 5.92 Å². The number of aromatic nitrogens is 4. The third kappa shape index (κ3) is 3.17. The van der Waals surface area contributed by atoms with E-state index in [9.17, 15) is 5.11 Å². The molecule has 0 spiro atoms. The zero-order valence-electron chi connectivity index (χ0n) is 15.3. The van der Waals surface area contributed by atoms with E-state index in [2.05, 4.69) is 20.3 Å². The summed E-state index contributed by atoms with van der Waals surface area (Å²) in [7, 11) is 0. The van der Waals surface area contributed by atoms with E-state index in [0.29, 0.717) is 12.0 Å². The Balaban J connectivity index is 1.76. The molecular weight excluding hydrogens is 346 g/mol. The van der Waals surface area contributed by atoms with Gasteiger partial charge < -0.3 is 10.4 Å². The Kier molecular flexibility index (Phi) is 4.58. The molecular formula is C19H23N5OS. The Labute approximate surface area is 156 Å². The average molecular weight is 369 g/mol. The summed E-state index contributed by atoms with van der Waals surface area (Å²) >= 11 is 1.65. The van der Waals surface area contributed by atoms with E-state index in [1.165, 1.54) is 0 Å². The van der Waals surface area contributed by atoms with Gasteiger partial charge in [0.05, 0.1) is 21.7 Å². The molecule has 3 aromatic rings. The number of aryl methyl sites for hydroxylation is 3. The molecule has 1 fully saturated rings. The third-order valence-electron chi connectivity index (χ3n) is 5.05. The van der Waals surface area contributed by atoms with Gasteiger partial charge in [-0.3, -0.25) is 4.98 Å². The lowest BCUT2D eigenvalue weighted by molar-refractivity contribution is 0.229. The lowest BCUT2D eigenvalue weighted by Gasteiger charge is -2.17. The standard InChI is InChI=1S/C19H23N5OS/c1-10-16(19-24-17-11(2)20-7-6-15(17)26-19)18(22-12(3)21-10)23-14-5-4-13(8-14)9-25/h6-7,13-14,25H,4-5,8-9H2,1-3H3,(H,21,22,23). The van der Waals surface area contributed by atoms with Crippen LogP contribution in [0, 0.1) is 26.7 Å². The fourth-order valence-electron chi connectivity index (χ4n) is 3.73. The Bertz CT molecular complexity index is 954. The van der Waals surface area contributed by atoms with Crippen LogP contribution in [-0.2, 0) is 0 Å². The number of pyridine rings is 1. The summed E-state index contributed by atoms with van der Waals surface area (Å²) in [6.07, 6.45) is 4.90. The number of thiazole rings is 1. The van der Waals surface area contributed by atoms with Crippen LogP contribution < -0.4 is 5.32 Å². The zero-order chi connectivity index (χ0) is 18.3. The molecule has 0 aliphatic heterocycles. The second-order valence-corrected chi connectivity index (χ2v) is 8.08. The summed E-state index contributed by atoms with van der Waals surface area (Å²) < 4.78 is 1.12. The van der Waals surface area contributed by atoms with E-state index in [-0.39, 0.29) is 6.61 Å². The summed E-state index contributed by atoms with van der Waals surface area (Å²) in [5, 5.41) is 13.9. The van der Waals surface area contributed by atoms with Crippen molar-refractivity contribution in [2.75, 3.05) is 11.9 Å². The van der Waals surface area contributed by atoms with Crippen LogP contribution in [0.5, 0.6) is 0 Å². The zero-order valence-corrected chi connectivity index (χ0v) is 16.1. The SMILES string of the molecule is Cc1nc(C)c(-c2nc3c(C)nccc3s2)c(NC2CCC(CO)C2)n1. The molecule has 2 unspecified atom stereocenters. The molecule has 1 aliphatic rings. The Hall–Kier alpha value is -2.12. The number of nitrogens with zero attached hydrogens (tertiary/aromatic N) is 4. The molecule has 0 saturated heterocycles. The number of fused-ring (bicyclic) bond motifs is 1. The minimum atomic E-state index is 0.261. The van der Waals surface area contributed by atoms with E-state index in [1.807, 2.05) is 33.0 Å². The fourth-order valence-corrected chi connectivity index (χ4v) is 4.84. The number of anilines is 1. The molecule has 7 heteroatoms. The van der Waals surface area contributed by atoms with Crippen LogP contribution in [-0.4, -0.2) is 37.7 Å². The fraction of sp³-hybridized carbons (Fsp3) is 0.474. The maximum Gasteiger partial charge on any atom is 0.140 e. The van der Waals surface area contributed by atoms with Crippen molar-refractivity contribution in [1.82, 2.24) is 19.9 Å². The van der Waals surface area contributed by atoms with E-state index in [1.54, 1.807) is 11.3 Å². The van der Waals surface area contributed by atoms with E-state index in [4.69, 9.17) is 4.98 Å². The monoisotopic (exact) mass is 369 g/mol. The minimum Gasteiger partial charge on any atom is -0.396 e. The highest BCUT2D eigenvalue weighted by atomic mass is 32.1. The average Bonchev–Trinajstić information content (AvgIpc) is 3.21. The molecule has 26 heavy (non-hydrogen) atoms. The molecule has 6 nitrogen and oxygen atoms in total. The minimum absolute atomic E-state index is 0.261. The van der Waals surface area contributed by atoms with Gasteiger partial charge in [0, 0.05) is 18.8 Å². The van der Waals surface area contributed by atoms with Crippen molar-refractivity contribution < 1.29 is 5.11 Å². The molecule has 3 heterocycles. The second-order valence-electron chi connectivity index (χ2n) is 7.04. The second kappa shape index (κ2) is 6.89. The number of hydrogen-bond donors (Lipinski definition) is 2. The normalized spacial score (nSPS) is 20.0. The van der Waals surface area contributed by atoms with Crippen molar-refractivity contribution in [3.05, 3.63) is 29.5 Å². The quantitative estimate of drug-likeness (QED) is 0.730. The first-order chi connectivity index (χ1) is 12.5. The molecule has 0 amide bonds. The van der Waals surface area contributed by atoms with Gasteiger partial charge in [-0.15, -0.1) is 11.3 Å². The lowest BCUT2D eigenvalue weighted by Crippen LogP contribution is -2.18. The van der Waals surface area contributed by atoms with Gasteiger partial charge in [0.15, 0.2) is 0 Å². The lowest BCUT2D eigenvalue weighted by atomic mass is 10.1. The molecule has 2 atom stereocenters. The van der Waals surface area contributed by atoms with Gasteiger partial charge in [0.25, 0.3) is 0 Å². The van der Waals surface area contributed by atoms with Gasteiger partial charge in [-0.1, -0.05) is 0 Å². The molecule has 4 rings (SSSR count). The third-order valence-corrected chi connectivity index (χ3v) is 6.08. The van der Waals surface area contributed by atoms with E-state index >= 15 is 0 Å². The van der Waals surface area contributed by atoms with Crippen molar-refractivity contribution >= 4 is 27.4 Å². The summed E-state index contributed by atoms with van der Waals surface area (Å²) in [5.41, 5.74) is 3.79. The maximum atomic E-state index is 9.41. The van der Waals surface area contributed by atoms with Crippen LogP contribution in [0.25, 0.3) is 20.8 Å². The highest BCUT2D eigenvalue weighted by Crippen LogP contribution is 2.37. The summed E-state index contributed by atoms with van der Waals surface area (Å²) in [5.74, 6) is 1.99. The Morgan fingerprint density at radius 2 is 2.00 bits per heavy atom. The van der Waals surface area contributed by atoms with Gasteiger partial charge in [0.1, 0.15) is 22.2 Å². The topological polar surface area (TPSA) is 83.8 Å². The van der Waals surface area contributed by atoms with Gasteiger partial charge >= 0.3 is 0 Å². The van der Waals surface area contributed by atoms with E-state index in [0.717, 1.165) is 63.1 Å². The van der Waals surface area contributed by atoms with Crippen molar-refractivity contribution in [1.29, 1.82) is 0 Å². The van der Waals surface area contributed by atoms with Crippen LogP contribution in [0.4, 0.5) is 5.82 Å². The van der Waals surface area contributed by atoms with Gasteiger partial charge in [-0.05, 0) is 52.0 Å². The van der Waals surface area contributed by atoms with Crippen LogP contribution in [0.3, 0.4) is 0 Å². The molecule has 3 aromatic heterocycles. The molecule has 1 aliphatic carbocycles. The van der Waals surface area contributed by atoms with Crippen molar-refractivity contribution in [3.8, 4) is 10.6 Å². The Morgan fingerprint density at radius 1 is 1.15 bits per heavy atom. The predicted molar refractivity (Wildman–Crippen MR) is 104 cm³/mol. The number of nitrogens with one attached hydrogen (secondary N) is 1. The van der Waals surface area contributed by atoms with Crippen molar-refractivity contribution in [2.45, 2.75) is 46.1 Å². The number of rotatable bonds is 4. The van der Waals surface area contributed by atoms with Crippen LogP contribution in [0.1, 0.15) is 36.5 Å². The number of hydrogen-bond acceptors (Lipinski definition) is 7. The summed E-state index contributed by atoms with van der Waals surface area (Å²) in [6.45, 7) is 6.17. The van der Waals surface area contributed by atoms with Crippen LogP contribution in [0.2, 0.25) is 0 Å². The van der Waals surface area contributed by atoms with Gasteiger partial charge in [-0.2, -0.15) is 0 Å². The summed E-state index contributed by atoms with van der Waals surface area (Å²) in [6, 6.07) is 2.33. The van der Waals surface area contributed by atoms with E-state index < -0.39 is 0 Å². The van der Waals surface area contributed by atoms with Crippen LogP contribution in [0.15, 0.2) is 12.3 Å². The molecule has 1 saturated carbocycles. The number of aliphatic hydroxyl groups is 1. The molecule has 0 bridgehead atoms.